The van der Waals surface area contributed by atoms with Gasteiger partial charge in [0.25, 0.3) is 0 Å². The van der Waals surface area contributed by atoms with Gasteiger partial charge in [-0.15, -0.1) is 0 Å². The lowest BCUT2D eigenvalue weighted by atomic mass is 9.55. The maximum Gasteiger partial charge on any atom is 0.341 e. The molecular weight excluding hydrogens is 495 g/mol. The Balaban J connectivity index is 1.22. The normalized spacial score (nSPS) is 27.8. The summed E-state index contributed by atoms with van der Waals surface area (Å²) in [7, 11) is 0. The van der Waals surface area contributed by atoms with Crippen LogP contribution >= 0.6 is 0 Å². The molecule has 212 valence electrons. The molecule has 5 nitrogen and oxygen atoms in total. The van der Waals surface area contributed by atoms with Crippen LogP contribution in [0, 0.1) is 23.1 Å². The minimum atomic E-state index is -0.677. The van der Waals surface area contributed by atoms with Crippen LogP contribution in [0.5, 0.6) is 5.75 Å². The molecule has 0 unspecified atom stereocenters. The maximum atomic E-state index is 14.6. The Morgan fingerprint density at radius 3 is 2.67 bits per heavy atom. The predicted molar refractivity (Wildman–Crippen MR) is 148 cm³/mol. The SMILES string of the molecule is CC(C)(C)OC(=O)c1ccc(COc2ccc3c(c2)CC[C@@H]2[C@@H]3CC[C@]3(C)[C@@H](OCCCO)CC[C@@H]23)cc1F. The van der Waals surface area contributed by atoms with Gasteiger partial charge in [0.05, 0.1) is 11.7 Å². The Morgan fingerprint density at radius 1 is 1.10 bits per heavy atom. The highest BCUT2D eigenvalue weighted by Crippen LogP contribution is 2.61. The molecule has 2 fully saturated rings. The number of halogens is 1. The topological polar surface area (TPSA) is 65.0 Å². The van der Waals surface area contributed by atoms with E-state index in [4.69, 9.17) is 19.3 Å². The molecule has 6 heteroatoms. The van der Waals surface area contributed by atoms with Gasteiger partial charge in [0.2, 0.25) is 0 Å². The molecule has 0 saturated heterocycles. The van der Waals surface area contributed by atoms with E-state index >= 15 is 0 Å². The molecule has 5 atom stereocenters. The molecule has 2 aromatic carbocycles. The number of rotatable bonds is 8. The summed E-state index contributed by atoms with van der Waals surface area (Å²) >= 11 is 0. The summed E-state index contributed by atoms with van der Waals surface area (Å²) in [6, 6.07) is 11.0. The molecule has 0 spiro atoms. The lowest BCUT2D eigenvalue weighted by molar-refractivity contribution is -0.0661. The Hall–Kier alpha value is -2.44. The molecule has 0 radical (unpaired) electrons. The number of aliphatic hydroxyl groups is 1. The minimum absolute atomic E-state index is 0.0640. The fraction of sp³-hybridized carbons (Fsp3) is 0.606. The molecule has 2 saturated carbocycles. The van der Waals surface area contributed by atoms with E-state index in [1.807, 2.05) is 0 Å². The van der Waals surface area contributed by atoms with Crippen molar-refractivity contribution in [1.82, 2.24) is 0 Å². The van der Waals surface area contributed by atoms with Gasteiger partial charge in [-0.2, -0.15) is 0 Å². The highest BCUT2D eigenvalue weighted by molar-refractivity contribution is 5.90. The summed E-state index contributed by atoms with van der Waals surface area (Å²) in [6.45, 7) is 8.80. The molecule has 3 aliphatic carbocycles. The van der Waals surface area contributed by atoms with Crippen molar-refractivity contribution < 1.29 is 28.5 Å². The molecule has 0 amide bonds. The fourth-order valence-electron chi connectivity index (χ4n) is 7.48. The van der Waals surface area contributed by atoms with Gasteiger partial charge in [-0.3, -0.25) is 0 Å². The Morgan fingerprint density at radius 2 is 1.92 bits per heavy atom. The van der Waals surface area contributed by atoms with Crippen molar-refractivity contribution in [3.63, 3.8) is 0 Å². The summed E-state index contributed by atoms with van der Waals surface area (Å²) in [5.41, 5.74) is 3.01. The van der Waals surface area contributed by atoms with Crippen molar-refractivity contribution in [2.45, 2.75) is 96.9 Å². The number of aliphatic hydroxyl groups excluding tert-OH is 1. The van der Waals surface area contributed by atoms with Crippen LogP contribution in [0.15, 0.2) is 36.4 Å². The third kappa shape index (κ3) is 5.88. The van der Waals surface area contributed by atoms with Crippen LogP contribution in [0.1, 0.15) is 99.2 Å². The van der Waals surface area contributed by atoms with Crippen LogP contribution in [0.2, 0.25) is 0 Å². The number of hydrogen-bond donors (Lipinski definition) is 1. The van der Waals surface area contributed by atoms with Gasteiger partial charge in [0.15, 0.2) is 0 Å². The smallest absolute Gasteiger partial charge is 0.341 e. The number of fused-ring (bicyclic) bond motifs is 5. The molecule has 3 aliphatic rings. The first-order chi connectivity index (χ1) is 18.6. The van der Waals surface area contributed by atoms with Gasteiger partial charge in [0, 0.05) is 13.2 Å². The first-order valence-electron chi connectivity index (χ1n) is 14.6. The highest BCUT2D eigenvalue weighted by Gasteiger charge is 2.55. The number of hydrogen-bond acceptors (Lipinski definition) is 5. The van der Waals surface area contributed by atoms with E-state index in [-0.39, 0.29) is 24.2 Å². The van der Waals surface area contributed by atoms with Crippen LogP contribution in [-0.4, -0.2) is 36.0 Å². The van der Waals surface area contributed by atoms with E-state index in [0.717, 1.165) is 18.6 Å². The lowest BCUT2D eigenvalue weighted by Crippen LogP contribution is -2.44. The maximum absolute atomic E-state index is 14.6. The molecule has 2 aromatic rings. The van der Waals surface area contributed by atoms with Gasteiger partial charge in [-0.25, -0.2) is 9.18 Å². The molecule has 39 heavy (non-hydrogen) atoms. The zero-order chi connectivity index (χ0) is 27.8. The zero-order valence-corrected chi connectivity index (χ0v) is 23.8. The second kappa shape index (κ2) is 11.2. The van der Waals surface area contributed by atoms with Crippen molar-refractivity contribution in [3.8, 4) is 5.75 Å². The number of benzene rings is 2. The van der Waals surface area contributed by atoms with E-state index < -0.39 is 17.4 Å². The Labute approximate surface area is 232 Å². The van der Waals surface area contributed by atoms with Crippen molar-refractivity contribution in [2.24, 2.45) is 17.3 Å². The number of carbonyl (C=O) groups is 1. The van der Waals surface area contributed by atoms with Crippen molar-refractivity contribution >= 4 is 5.97 Å². The number of esters is 1. The predicted octanol–water partition coefficient (Wildman–Crippen LogP) is 6.98. The summed E-state index contributed by atoms with van der Waals surface area (Å²) in [6.07, 6.45) is 8.02. The standard InChI is InChI=1S/C33H43FO5/c1-32(2,3)39-31(36)27-9-6-21(18-29(27)34)20-38-23-8-11-24-22(19-23)7-10-26-25(24)14-15-33(4)28(26)12-13-30(33)37-17-5-16-35/h6,8-9,11,18-19,25-26,28,30,35H,5,7,10,12-17,20H2,1-4H3/t25-,26-,28+,30+,33+/m1/s1. The molecule has 5 rings (SSSR count). The second-order valence-electron chi connectivity index (χ2n) is 12.9. The molecule has 1 N–H and O–H groups in total. The van der Waals surface area contributed by atoms with Crippen molar-refractivity contribution in [3.05, 3.63) is 64.5 Å². The van der Waals surface area contributed by atoms with E-state index in [2.05, 4.69) is 25.1 Å². The van der Waals surface area contributed by atoms with Crippen LogP contribution in [-0.2, 0) is 22.5 Å². The molecular formula is C33H43FO5. The summed E-state index contributed by atoms with van der Waals surface area (Å²) in [4.78, 5) is 12.2. The largest absolute Gasteiger partial charge is 0.489 e. The fourth-order valence-corrected chi connectivity index (χ4v) is 7.48. The quantitative estimate of drug-likeness (QED) is 0.290. The Kier molecular flexibility index (Phi) is 8.08. The monoisotopic (exact) mass is 538 g/mol. The number of aryl methyl sites for hydroxylation is 1. The first-order valence-corrected chi connectivity index (χ1v) is 14.6. The first kappa shape index (κ1) is 28.1. The van der Waals surface area contributed by atoms with Crippen LogP contribution in [0.25, 0.3) is 0 Å². The van der Waals surface area contributed by atoms with Crippen molar-refractivity contribution in [1.29, 1.82) is 0 Å². The van der Waals surface area contributed by atoms with Crippen LogP contribution in [0.4, 0.5) is 4.39 Å². The van der Waals surface area contributed by atoms with Gasteiger partial charge in [-0.05, 0) is 130 Å². The highest BCUT2D eigenvalue weighted by atomic mass is 19.1. The second-order valence-corrected chi connectivity index (χ2v) is 12.9. The number of ether oxygens (including phenoxy) is 3. The van der Waals surface area contributed by atoms with Crippen LogP contribution < -0.4 is 4.74 Å². The van der Waals surface area contributed by atoms with Crippen molar-refractivity contribution in [2.75, 3.05) is 13.2 Å². The third-order valence-electron chi connectivity index (χ3n) is 9.29. The average molecular weight is 539 g/mol. The molecule has 0 aromatic heterocycles. The summed E-state index contributed by atoms with van der Waals surface area (Å²) in [5, 5.41) is 9.15. The van der Waals surface area contributed by atoms with E-state index in [1.54, 1.807) is 26.8 Å². The van der Waals surface area contributed by atoms with Gasteiger partial charge < -0.3 is 19.3 Å². The minimum Gasteiger partial charge on any atom is -0.489 e. The number of carbonyl (C=O) groups excluding carboxylic acids is 1. The van der Waals surface area contributed by atoms with E-state index in [1.165, 1.54) is 48.9 Å². The van der Waals surface area contributed by atoms with Gasteiger partial charge >= 0.3 is 5.97 Å². The molecule has 0 aliphatic heterocycles. The summed E-state index contributed by atoms with van der Waals surface area (Å²) in [5.74, 6) is 1.51. The van der Waals surface area contributed by atoms with Gasteiger partial charge in [-0.1, -0.05) is 19.1 Å². The third-order valence-corrected chi connectivity index (χ3v) is 9.29. The lowest BCUT2D eigenvalue weighted by Gasteiger charge is -2.50. The average Bonchev–Trinajstić information content (AvgIpc) is 3.22. The summed E-state index contributed by atoms with van der Waals surface area (Å²) < 4.78 is 32.2. The van der Waals surface area contributed by atoms with E-state index in [9.17, 15) is 9.18 Å². The zero-order valence-electron chi connectivity index (χ0n) is 23.8. The Bertz CT molecular complexity index is 1190. The van der Waals surface area contributed by atoms with E-state index in [0.29, 0.717) is 42.4 Å². The molecule has 0 heterocycles. The van der Waals surface area contributed by atoms with Gasteiger partial charge in [0.1, 0.15) is 23.8 Å². The molecule has 0 bridgehead atoms. The van der Waals surface area contributed by atoms with Crippen LogP contribution in [0.3, 0.4) is 0 Å².